The molecule has 9 heavy (non-hydrogen) atoms. The van der Waals surface area contributed by atoms with E-state index in [2.05, 4.69) is 5.32 Å². The molecule has 1 unspecified atom stereocenters. The van der Waals surface area contributed by atoms with Gasteiger partial charge in [0.25, 0.3) is 0 Å². The van der Waals surface area contributed by atoms with Crippen molar-refractivity contribution in [3.05, 3.63) is 0 Å². The third-order valence-electron chi connectivity index (χ3n) is 1.52. The van der Waals surface area contributed by atoms with Crippen molar-refractivity contribution >= 4 is 19.5 Å². The lowest BCUT2D eigenvalue weighted by atomic mass is 9.72. The van der Waals surface area contributed by atoms with Gasteiger partial charge in [0.05, 0.1) is 0 Å². The summed E-state index contributed by atoms with van der Waals surface area (Å²) in [5.41, 5.74) is 0. The average molecular weight is 151 g/mol. The summed E-state index contributed by atoms with van der Waals surface area (Å²) < 4.78 is 0. The smallest absolute Gasteiger partial charge is 0.427 e. The van der Waals surface area contributed by atoms with Crippen LogP contribution in [-0.4, -0.2) is 30.3 Å². The van der Waals surface area contributed by atoms with Gasteiger partial charge in [0, 0.05) is 5.82 Å². The van der Waals surface area contributed by atoms with E-state index in [-0.39, 0.29) is 18.2 Å². The molecule has 1 aliphatic rings. The Morgan fingerprint density at radius 1 is 1.44 bits per heavy atom. The maximum atomic E-state index is 8.57. The normalized spacial score (nSPS) is 25.3. The fraction of sp³-hybridized carbons (Fsp3) is 1.00. The van der Waals surface area contributed by atoms with E-state index in [1.165, 1.54) is 0 Å². The van der Waals surface area contributed by atoms with Crippen molar-refractivity contribution < 1.29 is 10.0 Å². The summed E-state index contributed by atoms with van der Waals surface area (Å²) in [6, 6.07) is 0. The van der Waals surface area contributed by atoms with Gasteiger partial charge in [-0.1, -0.05) is 0 Å². The number of hydrogen-bond acceptors (Lipinski definition) is 3. The zero-order chi connectivity index (χ0) is 5.98. The predicted octanol–water partition coefficient (Wildman–Crippen LogP) is -0.756. The van der Waals surface area contributed by atoms with Gasteiger partial charge in [-0.25, -0.2) is 0 Å². The van der Waals surface area contributed by atoms with E-state index >= 15 is 0 Å². The van der Waals surface area contributed by atoms with Gasteiger partial charge in [0.1, 0.15) is 0 Å². The lowest BCUT2D eigenvalue weighted by Crippen LogP contribution is -2.21. The molecular formula is C4H11BClNO2. The highest BCUT2D eigenvalue weighted by Crippen LogP contribution is 2.14. The molecule has 0 saturated carbocycles. The second-order valence-electron chi connectivity index (χ2n) is 2.17. The topological polar surface area (TPSA) is 52.5 Å². The van der Waals surface area contributed by atoms with E-state index in [0.717, 1.165) is 19.5 Å². The summed E-state index contributed by atoms with van der Waals surface area (Å²) in [7, 11) is -1.12. The van der Waals surface area contributed by atoms with Crippen LogP contribution in [-0.2, 0) is 0 Å². The van der Waals surface area contributed by atoms with Crippen LogP contribution in [0.25, 0.3) is 0 Å². The van der Waals surface area contributed by atoms with Crippen molar-refractivity contribution in [3.8, 4) is 0 Å². The van der Waals surface area contributed by atoms with Gasteiger partial charge in [0.2, 0.25) is 0 Å². The van der Waals surface area contributed by atoms with Crippen molar-refractivity contribution in [2.45, 2.75) is 12.2 Å². The largest absolute Gasteiger partial charge is 0.456 e. The summed E-state index contributed by atoms with van der Waals surface area (Å²) in [5.74, 6) is 0.0648. The Morgan fingerprint density at radius 3 is 2.33 bits per heavy atom. The standard InChI is InChI=1S/C4H10BNO2.ClH/c7-5(8)4-1-2-6-3-4;/h4,6-8H,1-3H2;1H. The minimum absolute atomic E-state index is 0. The third kappa shape index (κ3) is 2.54. The zero-order valence-corrected chi connectivity index (χ0v) is 5.90. The summed E-state index contributed by atoms with van der Waals surface area (Å²) in [5, 5.41) is 20.2. The van der Waals surface area contributed by atoms with Gasteiger partial charge in [0.15, 0.2) is 0 Å². The van der Waals surface area contributed by atoms with Crippen LogP contribution in [0.15, 0.2) is 0 Å². The number of halogens is 1. The number of rotatable bonds is 1. The van der Waals surface area contributed by atoms with Gasteiger partial charge in [-0.3, -0.25) is 0 Å². The van der Waals surface area contributed by atoms with Crippen LogP contribution in [0.3, 0.4) is 0 Å². The quantitative estimate of drug-likeness (QED) is 0.432. The molecule has 0 spiro atoms. The Hall–Kier alpha value is 0.235. The number of nitrogens with one attached hydrogen (secondary N) is 1. The fourth-order valence-electron chi connectivity index (χ4n) is 0.931. The molecule has 54 valence electrons. The van der Waals surface area contributed by atoms with E-state index in [4.69, 9.17) is 10.0 Å². The van der Waals surface area contributed by atoms with Crippen molar-refractivity contribution in [2.24, 2.45) is 0 Å². The molecule has 1 fully saturated rings. The zero-order valence-electron chi connectivity index (χ0n) is 5.08. The molecule has 1 atom stereocenters. The molecular weight excluding hydrogens is 140 g/mol. The van der Waals surface area contributed by atoms with Crippen molar-refractivity contribution in [1.82, 2.24) is 5.32 Å². The van der Waals surface area contributed by atoms with Crippen LogP contribution in [0.5, 0.6) is 0 Å². The molecule has 3 nitrogen and oxygen atoms in total. The second kappa shape index (κ2) is 4.11. The van der Waals surface area contributed by atoms with Gasteiger partial charge in [-0.15, -0.1) is 12.4 Å². The highest BCUT2D eigenvalue weighted by Gasteiger charge is 2.25. The maximum Gasteiger partial charge on any atom is 0.456 e. The van der Waals surface area contributed by atoms with Crippen molar-refractivity contribution in [3.63, 3.8) is 0 Å². The Balaban J connectivity index is 0.000000640. The number of hydrogen-bond donors (Lipinski definition) is 3. The molecule has 0 aromatic heterocycles. The molecule has 1 heterocycles. The van der Waals surface area contributed by atoms with E-state index in [1.54, 1.807) is 0 Å². The first-order chi connectivity index (χ1) is 3.80. The molecule has 0 aromatic rings. The van der Waals surface area contributed by atoms with Crippen LogP contribution in [0.2, 0.25) is 5.82 Å². The van der Waals surface area contributed by atoms with Crippen LogP contribution in [0.4, 0.5) is 0 Å². The summed E-state index contributed by atoms with van der Waals surface area (Å²) in [6.45, 7) is 1.67. The lowest BCUT2D eigenvalue weighted by molar-refractivity contribution is 0.388. The lowest BCUT2D eigenvalue weighted by Gasteiger charge is -2.02. The van der Waals surface area contributed by atoms with E-state index < -0.39 is 7.12 Å². The summed E-state index contributed by atoms with van der Waals surface area (Å²) >= 11 is 0. The van der Waals surface area contributed by atoms with Crippen molar-refractivity contribution in [1.29, 1.82) is 0 Å². The fourth-order valence-corrected chi connectivity index (χ4v) is 0.931. The minimum atomic E-state index is -1.12. The summed E-state index contributed by atoms with van der Waals surface area (Å²) in [6.07, 6.45) is 0.887. The second-order valence-corrected chi connectivity index (χ2v) is 2.17. The highest BCUT2D eigenvalue weighted by molar-refractivity contribution is 6.43. The molecule has 5 heteroatoms. The predicted molar refractivity (Wildman–Crippen MR) is 38.7 cm³/mol. The monoisotopic (exact) mass is 151 g/mol. The molecule has 1 aliphatic heterocycles. The van der Waals surface area contributed by atoms with Crippen LogP contribution in [0, 0.1) is 0 Å². The van der Waals surface area contributed by atoms with Gasteiger partial charge in [-0.05, 0) is 19.5 Å². The van der Waals surface area contributed by atoms with Crippen LogP contribution < -0.4 is 5.32 Å². The molecule has 1 rings (SSSR count). The Kier molecular flexibility index (Phi) is 4.22. The molecule has 1 saturated heterocycles. The van der Waals surface area contributed by atoms with Gasteiger partial charge >= 0.3 is 7.12 Å². The Labute approximate surface area is 61.0 Å². The van der Waals surface area contributed by atoms with E-state index in [1.807, 2.05) is 0 Å². The van der Waals surface area contributed by atoms with Crippen LogP contribution >= 0.6 is 12.4 Å². The SMILES string of the molecule is Cl.OB(O)C1CCNC1. The first-order valence-corrected chi connectivity index (χ1v) is 2.87. The molecule has 0 aromatic carbocycles. The summed E-state index contributed by atoms with van der Waals surface area (Å²) in [4.78, 5) is 0. The first-order valence-electron chi connectivity index (χ1n) is 2.87. The Morgan fingerprint density at radius 2 is 2.11 bits per heavy atom. The minimum Gasteiger partial charge on any atom is -0.427 e. The highest BCUT2D eigenvalue weighted by atomic mass is 35.5. The molecule has 0 radical (unpaired) electrons. The van der Waals surface area contributed by atoms with E-state index in [9.17, 15) is 0 Å². The van der Waals surface area contributed by atoms with E-state index in [0.29, 0.717) is 0 Å². The molecule has 3 N–H and O–H groups in total. The maximum absolute atomic E-state index is 8.57. The van der Waals surface area contributed by atoms with Gasteiger partial charge < -0.3 is 15.4 Å². The average Bonchev–Trinajstić information content (AvgIpc) is 2.12. The molecule has 0 amide bonds. The Bertz CT molecular complexity index is 77.0. The van der Waals surface area contributed by atoms with Gasteiger partial charge in [-0.2, -0.15) is 0 Å². The molecule has 0 aliphatic carbocycles. The first kappa shape index (κ1) is 9.23. The third-order valence-corrected chi connectivity index (χ3v) is 1.52. The molecule has 0 bridgehead atoms. The van der Waals surface area contributed by atoms with Crippen molar-refractivity contribution in [2.75, 3.05) is 13.1 Å². The van der Waals surface area contributed by atoms with Crippen LogP contribution in [0.1, 0.15) is 6.42 Å².